The summed E-state index contributed by atoms with van der Waals surface area (Å²) >= 11 is 0. The molecule has 3 unspecified atom stereocenters. The van der Waals surface area contributed by atoms with Crippen LogP contribution in [0, 0.1) is 0 Å². The van der Waals surface area contributed by atoms with Gasteiger partial charge in [0.2, 0.25) is 0 Å². The maximum absolute atomic E-state index is 12.2. The molecule has 0 aromatic heterocycles. The van der Waals surface area contributed by atoms with Crippen LogP contribution >= 0.6 is 0 Å². The zero-order valence-corrected chi connectivity index (χ0v) is 20.6. The summed E-state index contributed by atoms with van der Waals surface area (Å²) in [6.07, 6.45) is 14.2. The van der Waals surface area contributed by atoms with Crippen LogP contribution in [0.4, 0.5) is 0 Å². The van der Waals surface area contributed by atoms with E-state index in [1.807, 2.05) is 0 Å². The van der Waals surface area contributed by atoms with Crippen molar-refractivity contribution in [2.45, 2.75) is 123 Å². The van der Waals surface area contributed by atoms with Crippen LogP contribution in [0.5, 0.6) is 0 Å². The topological polar surface area (TPSA) is 112 Å². The second-order valence-electron chi connectivity index (χ2n) is 8.68. The van der Waals surface area contributed by atoms with E-state index in [2.05, 4.69) is 19.1 Å². The van der Waals surface area contributed by atoms with Crippen LogP contribution in [0.2, 0.25) is 0 Å². The Morgan fingerprint density at radius 1 is 0.625 bits per heavy atom. The van der Waals surface area contributed by atoms with Gasteiger partial charge in [-0.1, -0.05) is 65.5 Å². The number of rotatable bonds is 20. The summed E-state index contributed by atoms with van der Waals surface area (Å²) in [5.74, 6) is -3.37. The van der Waals surface area contributed by atoms with Crippen LogP contribution in [0.25, 0.3) is 0 Å². The Hall–Kier alpha value is -1.89. The number of hydrogen-bond acceptors (Lipinski definition) is 3. The summed E-state index contributed by atoms with van der Waals surface area (Å²) in [4.78, 5) is 36.5. The van der Waals surface area contributed by atoms with Crippen molar-refractivity contribution in [2.75, 3.05) is 6.54 Å². The van der Waals surface area contributed by atoms with E-state index in [0.29, 0.717) is 6.42 Å². The molecule has 0 aliphatic rings. The van der Waals surface area contributed by atoms with Crippen molar-refractivity contribution < 1.29 is 34.2 Å². The summed E-state index contributed by atoms with van der Waals surface area (Å²) in [6.45, 7) is 7.52. The minimum absolute atomic E-state index is 0.188. The largest absolute Gasteiger partial charge is 0.477 e. The average molecular weight is 457 g/mol. The number of quaternary nitrogens is 1. The highest BCUT2D eigenvalue weighted by molar-refractivity contribution is 5.78. The maximum atomic E-state index is 12.2. The van der Waals surface area contributed by atoms with Crippen molar-refractivity contribution in [1.82, 2.24) is 0 Å². The van der Waals surface area contributed by atoms with Crippen molar-refractivity contribution >= 4 is 17.9 Å². The summed E-state index contributed by atoms with van der Waals surface area (Å²) < 4.78 is -0.413. The van der Waals surface area contributed by atoms with Gasteiger partial charge < -0.3 is 15.3 Å². The van der Waals surface area contributed by atoms with Gasteiger partial charge in [0.25, 0.3) is 0 Å². The Labute approximate surface area is 194 Å². The van der Waals surface area contributed by atoms with E-state index in [0.717, 1.165) is 38.5 Å². The number of carboxylic acids is 3. The fraction of sp³-hybridized carbons (Fsp3) is 0.800. The van der Waals surface area contributed by atoms with Crippen molar-refractivity contribution in [3.05, 3.63) is 12.2 Å². The predicted molar refractivity (Wildman–Crippen MR) is 127 cm³/mol. The first-order valence-corrected chi connectivity index (χ1v) is 12.4. The molecule has 0 bridgehead atoms. The molecular formula is C25H46NO6+. The van der Waals surface area contributed by atoms with Gasteiger partial charge in [-0.05, 0) is 32.1 Å². The predicted octanol–water partition coefficient (Wildman–Crippen LogP) is 5.48. The normalized spacial score (nSPS) is 16.4. The summed E-state index contributed by atoms with van der Waals surface area (Å²) in [5, 5.41) is 29.8. The third-order valence-corrected chi connectivity index (χ3v) is 6.56. The number of carboxylic acid groups (broad SMARTS) is 3. The molecule has 0 saturated carbocycles. The van der Waals surface area contributed by atoms with E-state index in [1.165, 1.54) is 12.8 Å². The first-order chi connectivity index (χ1) is 15.2. The average Bonchev–Trinajstić information content (AvgIpc) is 2.72. The van der Waals surface area contributed by atoms with Crippen molar-refractivity contribution in [1.29, 1.82) is 0 Å². The quantitative estimate of drug-likeness (QED) is 0.127. The van der Waals surface area contributed by atoms with Crippen molar-refractivity contribution in [2.24, 2.45) is 0 Å². The standard InChI is InChI=1S/C25H45NO6/c1-5-9-10-11-12-13-14-15-16-17-18-19-26(20(6-2)23(27)28,21(7-3)24(29)30)22(8-4)25(31)32/h11-12,20-22H,5-10,13-19H2,1-4H3,(H2-,27,28,29,30,31,32)/p+1/b12-11+. The van der Waals surface area contributed by atoms with E-state index in [-0.39, 0.29) is 25.8 Å². The molecule has 32 heavy (non-hydrogen) atoms. The van der Waals surface area contributed by atoms with Gasteiger partial charge in [-0.15, -0.1) is 0 Å². The Morgan fingerprint density at radius 3 is 1.38 bits per heavy atom. The molecule has 0 spiro atoms. The Kier molecular flexibility index (Phi) is 15.7. The van der Waals surface area contributed by atoms with Crippen molar-refractivity contribution in [3.63, 3.8) is 0 Å². The van der Waals surface area contributed by atoms with Gasteiger partial charge in [0.1, 0.15) is 0 Å². The van der Waals surface area contributed by atoms with Crippen LogP contribution < -0.4 is 0 Å². The van der Waals surface area contributed by atoms with Crippen molar-refractivity contribution in [3.8, 4) is 0 Å². The van der Waals surface area contributed by atoms with E-state index in [1.54, 1.807) is 20.8 Å². The molecule has 0 aliphatic carbocycles. The van der Waals surface area contributed by atoms with Gasteiger partial charge in [0.05, 0.1) is 6.54 Å². The molecule has 3 atom stereocenters. The lowest BCUT2D eigenvalue weighted by molar-refractivity contribution is -0.973. The fourth-order valence-electron chi connectivity index (χ4n) is 5.02. The molecule has 186 valence electrons. The van der Waals surface area contributed by atoms with Crippen LogP contribution in [0.1, 0.15) is 105 Å². The Balaban J connectivity index is 5.36. The number of allylic oxidation sites excluding steroid dienone is 2. The Morgan fingerprint density at radius 2 is 1.00 bits per heavy atom. The van der Waals surface area contributed by atoms with Gasteiger partial charge in [-0.3, -0.25) is 4.48 Å². The van der Waals surface area contributed by atoms with Crippen LogP contribution in [0.15, 0.2) is 12.2 Å². The highest BCUT2D eigenvalue weighted by atomic mass is 16.4. The summed E-state index contributed by atoms with van der Waals surface area (Å²) in [7, 11) is 0. The molecule has 0 radical (unpaired) electrons. The zero-order valence-electron chi connectivity index (χ0n) is 20.6. The second kappa shape index (κ2) is 16.7. The number of aliphatic carboxylic acids is 3. The first kappa shape index (κ1) is 30.1. The lowest BCUT2D eigenvalue weighted by atomic mass is 9.94. The highest BCUT2D eigenvalue weighted by Gasteiger charge is 2.55. The van der Waals surface area contributed by atoms with Crippen LogP contribution in [-0.2, 0) is 14.4 Å². The van der Waals surface area contributed by atoms with Gasteiger partial charge in [-0.25, -0.2) is 14.4 Å². The molecule has 0 saturated heterocycles. The molecule has 0 aromatic rings. The fourth-order valence-corrected chi connectivity index (χ4v) is 5.02. The molecule has 0 fully saturated rings. The number of carbonyl (C=O) groups is 3. The maximum Gasteiger partial charge on any atom is 0.362 e. The molecule has 3 N–H and O–H groups in total. The van der Waals surface area contributed by atoms with Gasteiger partial charge in [-0.2, -0.15) is 0 Å². The molecule has 7 heteroatoms. The lowest BCUT2D eigenvalue weighted by Crippen LogP contribution is -2.72. The van der Waals surface area contributed by atoms with E-state index in [4.69, 9.17) is 0 Å². The minimum atomic E-state index is -1.12. The molecule has 0 rings (SSSR count). The van der Waals surface area contributed by atoms with Gasteiger partial charge in [0.15, 0.2) is 18.1 Å². The molecule has 7 nitrogen and oxygen atoms in total. The monoisotopic (exact) mass is 456 g/mol. The summed E-state index contributed by atoms with van der Waals surface area (Å²) in [5.41, 5.74) is 0. The minimum Gasteiger partial charge on any atom is -0.477 e. The number of unbranched alkanes of at least 4 members (excludes halogenated alkanes) is 7. The van der Waals surface area contributed by atoms with E-state index >= 15 is 0 Å². The molecule has 0 heterocycles. The van der Waals surface area contributed by atoms with Crippen LogP contribution in [-0.4, -0.2) is 62.4 Å². The smallest absolute Gasteiger partial charge is 0.362 e. The third kappa shape index (κ3) is 8.93. The van der Waals surface area contributed by atoms with Gasteiger partial charge >= 0.3 is 17.9 Å². The van der Waals surface area contributed by atoms with E-state index in [9.17, 15) is 29.7 Å². The third-order valence-electron chi connectivity index (χ3n) is 6.56. The lowest BCUT2D eigenvalue weighted by Gasteiger charge is -2.49. The first-order valence-electron chi connectivity index (χ1n) is 12.4. The number of hydrogen-bond donors (Lipinski definition) is 3. The number of nitrogens with zero attached hydrogens (tertiary/aromatic N) is 1. The van der Waals surface area contributed by atoms with E-state index < -0.39 is 40.5 Å². The summed E-state index contributed by atoms with van der Waals surface area (Å²) in [6, 6.07) is -3.19. The Bertz CT molecular complexity index is 534. The molecule has 0 aliphatic heterocycles. The zero-order chi connectivity index (χ0) is 24.6. The molecule has 0 amide bonds. The highest BCUT2D eigenvalue weighted by Crippen LogP contribution is 2.32. The SMILES string of the molecule is CCCC/C=C/CCCCCCC[N+](C(CC)C(=O)O)(C(CC)C(=O)O)C(CC)C(=O)O. The van der Waals surface area contributed by atoms with Gasteiger partial charge in [0, 0.05) is 19.3 Å². The molecule has 0 aromatic carbocycles. The second-order valence-corrected chi connectivity index (χ2v) is 8.68. The molecular weight excluding hydrogens is 410 g/mol. The van der Waals surface area contributed by atoms with Crippen LogP contribution in [0.3, 0.4) is 0 Å².